The van der Waals surface area contributed by atoms with Crippen molar-refractivity contribution >= 4 is 17.5 Å². The van der Waals surface area contributed by atoms with Crippen molar-refractivity contribution in [1.82, 2.24) is 5.32 Å². The predicted octanol–water partition coefficient (Wildman–Crippen LogP) is 2.19. The van der Waals surface area contributed by atoms with Crippen molar-refractivity contribution in [3.8, 4) is 5.75 Å². The highest BCUT2D eigenvalue weighted by Crippen LogP contribution is 2.29. The molecule has 108 valence electrons. The number of rotatable bonds is 3. The molecule has 0 bridgehead atoms. The summed E-state index contributed by atoms with van der Waals surface area (Å²) in [5.41, 5.74) is 1.00. The Labute approximate surface area is 123 Å². The molecule has 0 spiro atoms. The van der Waals surface area contributed by atoms with Gasteiger partial charge in [-0.25, -0.2) is 0 Å². The number of carbonyl (C=O) groups excluding carboxylic acids is 1. The van der Waals surface area contributed by atoms with Crippen molar-refractivity contribution in [1.29, 1.82) is 0 Å². The third kappa shape index (κ3) is 3.07. The van der Waals surface area contributed by atoms with Gasteiger partial charge in [0.2, 0.25) is 5.91 Å². The fourth-order valence-electron chi connectivity index (χ4n) is 2.70. The number of benzene rings is 1. The van der Waals surface area contributed by atoms with Crippen LogP contribution in [0.4, 0.5) is 0 Å². The maximum Gasteiger partial charge on any atom is 0.226 e. The Morgan fingerprint density at radius 2 is 2.35 bits per heavy atom. The van der Waals surface area contributed by atoms with Crippen molar-refractivity contribution in [2.24, 2.45) is 5.92 Å². The van der Waals surface area contributed by atoms with E-state index in [4.69, 9.17) is 21.1 Å². The Balaban J connectivity index is 1.57. The van der Waals surface area contributed by atoms with E-state index >= 15 is 0 Å². The molecular weight excluding hydrogens is 278 g/mol. The molecule has 1 fully saturated rings. The number of nitrogens with one attached hydrogen (secondary N) is 1. The fourth-order valence-corrected chi connectivity index (χ4v) is 2.89. The standard InChI is InChI=1S/C15H18ClNO3/c16-12-3-4-14-10(7-12)6-11(9-20-14)15(18)17-8-13-2-1-5-19-13/h3-4,7,11,13H,1-2,5-6,8-9H2,(H,17,18). The van der Waals surface area contributed by atoms with E-state index in [1.54, 1.807) is 6.07 Å². The first kappa shape index (κ1) is 13.7. The van der Waals surface area contributed by atoms with Gasteiger partial charge in [-0.05, 0) is 43.0 Å². The van der Waals surface area contributed by atoms with E-state index in [2.05, 4.69) is 5.32 Å². The SMILES string of the molecule is O=C(NCC1CCCO1)C1COc2ccc(Cl)cc2C1. The van der Waals surface area contributed by atoms with E-state index in [1.165, 1.54) is 0 Å². The Bertz CT molecular complexity index is 500. The molecule has 0 saturated carbocycles. The zero-order valence-corrected chi connectivity index (χ0v) is 12.0. The lowest BCUT2D eigenvalue weighted by atomic mass is 9.96. The second kappa shape index (κ2) is 6.02. The van der Waals surface area contributed by atoms with Crippen LogP contribution in [0.5, 0.6) is 5.75 Å². The molecule has 1 saturated heterocycles. The summed E-state index contributed by atoms with van der Waals surface area (Å²) in [7, 11) is 0. The van der Waals surface area contributed by atoms with Crippen LogP contribution in [0.3, 0.4) is 0 Å². The molecule has 4 nitrogen and oxygen atoms in total. The number of hydrogen-bond donors (Lipinski definition) is 1. The zero-order chi connectivity index (χ0) is 13.9. The lowest BCUT2D eigenvalue weighted by Gasteiger charge is -2.25. The molecule has 5 heteroatoms. The van der Waals surface area contributed by atoms with E-state index in [9.17, 15) is 4.79 Å². The van der Waals surface area contributed by atoms with Crippen LogP contribution in [0, 0.1) is 5.92 Å². The maximum absolute atomic E-state index is 12.2. The molecule has 2 atom stereocenters. The quantitative estimate of drug-likeness (QED) is 0.930. The van der Waals surface area contributed by atoms with Crippen molar-refractivity contribution in [2.45, 2.75) is 25.4 Å². The summed E-state index contributed by atoms with van der Waals surface area (Å²) in [6.45, 7) is 1.82. The van der Waals surface area contributed by atoms with E-state index in [0.29, 0.717) is 24.6 Å². The largest absolute Gasteiger partial charge is 0.492 e. The first-order valence-electron chi connectivity index (χ1n) is 7.03. The molecule has 0 aromatic heterocycles. The van der Waals surface area contributed by atoms with E-state index in [0.717, 1.165) is 30.8 Å². The summed E-state index contributed by atoms with van der Waals surface area (Å²) in [5.74, 6) is 0.714. The van der Waals surface area contributed by atoms with Gasteiger partial charge in [-0.3, -0.25) is 4.79 Å². The Hall–Kier alpha value is -1.26. The minimum absolute atomic E-state index is 0.0334. The fraction of sp³-hybridized carbons (Fsp3) is 0.533. The van der Waals surface area contributed by atoms with Crippen LogP contribution >= 0.6 is 11.6 Å². The number of hydrogen-bond acceptors (Lipinski definition) is 3. The van der Waals surface area contributed by atoms with Gasteiger partial charge in [-0.15, -0.1) is 0 Å². The minimum atomic E-state index is -0.151. The second-order valence-electron chi connectivity index (χ2n) is 5.34. The van der Waals surface area contributed by atoms with Crippen LogP contribution in [-0.2, 0) is 16.0 Å². The zero-order valence-electron chi connectivity index (χ0n) is 11.2. The van der Waals surface area contributed by atoms with Gasteiger partial charge in [0.1, 0.15) is 12.4 Å². The Kier molecular flexibility index (Phi) is 4.13. The molecule has 0 aliphatic carbocycles. The average molecular weight is 296 g/mol. The molecule has 1 aromatic rings. The van der Waals surface area contributed by atoms with Crippen LogP contribution in [0.15, 0.2) is 18.2 Å². The van der Waals surface area contributed by atoms with Gasteiger partial charge in [0.15, 0.2) is 0 Å². The molecule has 2 heterocycles. The van der Waals surface area contributed by atoms with Gasteiger partial charge in [0.05, 0.1) is 12.0 Å². The van der Waals surface area contributed by atoms with E-state index < -0.39 is 0 Å². The normalized spacial score (nSPS) is 24.9. The molecule has 0 radical (unpaired) electrons. The van der Waals surface area contributed by atoms with E-state index in [-0.39, 0.29) is 17.9 Å². The van der Waals surface area contributed by atoms with Gasteiger partial charge in [-0.2, -0.15) is 0 Å². The van der Waals surface area contributed by atoms with Crippen molar-refractivity contribution in [2.75, 3.05) is 19.8 Å². The van der Waals surface area contributed by atoms with Crippen LogP contribution < -0.4 is 10.1 Å². The minimum Gasteiger partial charge on any atom is -0.492 e. The topological polar surface area (TPSA) is 47.6 Å². The molecule has 1 aromatic carbocycles. The number of halogens is 1. The molecule has 3 rings (SSSR count). The van der Waals surface area contributed by atoms with Crippen LogP contribution in [0.2, 0.25) is 5.02 Å². The van der Waals surface area contributed by atoms with Crippen molar-refractivity contribution in [3.63, 3.8) is 0 Å². The Morgan fingerprint density at radius 1 is 1.45 bits per heavy atom. The molecule has 2 aliphatic heterocycles. The van der Waals surface area contributed by atoms with Crippen LogP contribution in [-0.4, -0.2) is 31.8 Å². The molecule has 1 N–H and O–H groups in total. The van der Waals surface area contributed by atoms with Gasteiger partial charge in [0, 0.05) is 18.2 Å². The summed E-state index contributed by atoms with van der Waals surface area (Å²) in [6, 6.07) is 5.53. The molecule has 20 heavy (non-hydrogen) atoms. The average Bonchev–Trinajstić information content (AvgIpc) is 2.97. The smallest absolute Gasteiger partial charge is 0.226 e. The number of fused-ring (bicyclic) bond motifs is 1. The molecule has 2 unspecified atom stereocenters. The number of amides is 1. The summed E-state index contributed by atoms with van der Waals surface area (Å²) < 4.78 is 11.1. The monoisotopic (exact) mass is 295 g/mol. The molecule has 1 amide bonds. The third-order valence-corrected chi connectivity index (χ3v) is 4.06. The van der Waals surface area contributed by atoms with Crippen molar-refractivity contribution in [3.05, 3.63) is 28.8 Å². The highest BCUT2D eigenvalue weighted by atomic mass is 35.5. The summed E-state index contributed by atoms with van der Waals surface area (Å²) in [4.78, 5) is 12.2. The summed E-state index contributed by atoms with van der Waals surface area (Å²) >= 11 is 5.98. The molecule has 2 aliphatic rings. The number of ether oxygens (including phenoxy) is 2. The third-order valence-electron chi connectivity index (χ3n) is 3.83. The summed E-state index contributed by atoms with van der Waals surface area (Å²) in [5, 5.41) is 3.64. The highest BCUT2D eigenvalue weighted by Gasteiger charge is 2.27. The maximum atomic E-state index is 12.2. The second-order valence-corrected chi connectivity index (χ2v) is 5.78. The first-order chi connectivity index (χ1) is 9.72. The first-order valence-corrected chi connectivity index (χ1v) is 7.41. The lowest BCUT2D eigenvalue weighted by molar-refractivity contribution is -0.126. The van der Waals surface area contributed by atoms with Gasteiger partial charge in [0.25, 0.3) is 0 Å². The van der Waals surface area contributed by atoms with Crippen LogP contribution in [0.1, 0.15) is 18.4 Å². The van der Waals surface area contributed by atoms with Gasteiger partial charge in [-0.1, -0.05) is 11.6 Å². The lowest BCUT2D eigenvalue weighted by Crippen LogP contribution is -2.40. The Morgan fingerprint density at radius 3 is 3.15 bits per heavy atom. The van der Waals surface area contributed by atoms with Crippen LogP contribution in [0.25, 0.3) is 0 Å². The van der Waals surface area contributed by atoms with Gasteiger partial charge >= 0.3 is 0 Å². The van der Waals surface area contributed by atoms with Crippen molar-refractivity contribution < 1.29 is 14.3 Å². The predicted molar refractivity (Wildman–Crippen MR) is 76.1 cm³/mol. The van der Waals surface area contributed by atoms with E-state index in [1.807, 2.05) is 12.1 Å². The summed E-state index contributed by atoms with van der Waals surface area (Å²) in [6.07, 6.45) is 2.96. The number of carbonyl (C=O) groups is 1. The molecular formula is C15H18ClNO3. The van der Waals surface area contributed by atoms with Gasteiger partial charge < -0.3 is 14.8 Å². The highest BCUT2D eigenvalue weighted by molar-refractivity contribution is 6.30.